The van der Waals surface area contributed by atoms with Crippen LogP contribution in [0.4, 0.5) is 10.1 Å². The van der Waals surface area contributed by atoms with E-state index in [2.05, 4.69) is 15.0 Å². The Labute approximate surface area is 116 Å². The van der Waals surface area contributed by atoms with E-state index in [0.717, 1.165) is 11.7 Å². The molecule has 3 rings (SSSR count). The second-order valence-electron chi connectivity index (χ2n) is 4.32. The number of anilines is 1. The summed E-state index contributed by atoms with van der Waals surface area (Å²) >= 11 is 0. The predicted molar refractivity (Wildman–Crippen MR) is 74.8 cm³/mol. The molecule has 0 bridgehead atoms. The number of hydrogen-bond acceptors (Lipinski definition) is 4. The van der Waals surface area contributed by atoms with Crippen LogP contribution in [-0.2, 0) is 16.6 Å². The van der Waals surface area contributed by atoms with Gasteiger partial charge in [-0.25, -0.2) is 9.37 Å². The minimum absolute atomic E-state index is 0.153. The number of nitrogens with one attached hydrogen (secondary N) is 1. The lowest BCUT2D eigenvalue weighted by molar-refractivity contribution is 0.619. The number of benzene rings is 1. The molecule has 0 saturated heterocycles. The van der Waals surface area contributed by atoms with Gasteiger partial charge in [-0.05, 0) is 29.8 Å². The van der Waals surface area contributed by atoms with Crippen molar-refractivity contribution >= 4 is 27.5 Å². The molecule has 20 heavy (non-hydrogen) atoms. The van der Waals surface area contributed by atoms with Crippen LogP contribution in [0.25, 0.3) is 11.0 Å². The lowest BCUT2D eigenvalue weighted by atomic mass is 10.3. The first kappa shape index (κ1) is 12.7. The summed E-state index contributed by atoms with van der Waals surface area (Å²) in [6.07, 6.45) is 2.60. The zero-order valence-electron chi connectivity index (χ0n) is 10.3. The van der Waals surface area contributed by atoms with E-state index in [1.54, 1.807) is 18.2 Å². The van der Waals surface area contributed by atoms with Gasteiger partial charge in [0.25, 0.3) is 0 Å². The molecule has 0 spiro atoms. The molecule has 0 aliphatic rings. The molecular weight excluding hydrogens is 279 g/mol. The van der Waals surface area contributed by atoms with Gasteiger partial charge in [-0.15, -0.1) is 0 Å². The summed E-state index contributed by atoms with van der Waals surface area (Å²) in [5.74, 6) is -0.294. The van der Waals surface area contributed by atoms with Crippen molar-refractivity contribution in [3.05, 3.63) is 48.0 Å². The molecule has 2 aromatic heterocycles. The van der Waals surface area contributed by atoms with Crippen LogP contribution in [0.5, 0.6) is 0 Å². The van der Waals surface area contributed by atoms with E-state index >= 15 is 0 Å². The van der Waals surface area contributed by atoms with E-state index in [-0.39, 0.29) is 5.75 Å². The summed E-state index contributed by atoms with van der Waals surface area (Å²) in [7, 11) is -1.40. The number of H-pyrrole nitrogens is 1. The number of imidazole rings is 1. The fourth-order valence-corrected chi connectivity index (χ4v) is 2.89. The number of halogens is 1. The highest BCUT2D eigenvalue weighted by Gasteiger charge is 2.11. The summed E-state index contributed by atoms with van der Waals surface area (Å²) < 4.78 is 25.2. The van der Waals surface area contributed by atoms with Crippen molar-refractivity contribution in [1.29, 1.82) is 0 Å². The third-order valence-corrected chi connectivity index (χ3v) is 3.98. The zero-order valence-corrected chi connectivity index (χ0v) is 11.2. The molecule has 1 aromatic carbocycles. The molecule has 2 heterocycles. The highest BCUT2D eigenvalue weighted by molar-refractivity contribution is 7.84. The second kappa shape index (κ2) is 5.01. The Morgan fingerprint density at radius 1 is 1.30 bits per heavy atom. The van der Waals surface area contributed by atoms with Crippen molar-refractivity contribution in [1.82, 2.24) is 15.0 Å². The molecule has 1 atom stereocenters. The standard InChI is InChI=1S/C13H11FN4OS/c14-9-3-8(5-16-6-9)7-20(19)13-17-11-2-1-10(15)4-12(11)18-13/h1-6H,7,15H2,(H,17,18). The van der Waals surface area contributed by atoms with Gasteiger partial charge in [-0.1, -0.05) is 0 Å². The summed E-state index contributed by atoms with van der Waals surface area (Å²) in [4.78, 5) is 10.9. The van der Waals surface area contributed by atoms with Gasteiger partial charge in [-0.3, -0.25) is 9.19 Å². The lowest BCUT2D eigenvalue weighted by Crippen LogP contribution is -1.99. The van der Waals surface area contributed by atoms with Gasteiger partial charge in [0.2, 0.25) is 0 Å². The number of aromatic amines is 1. The molecule has 0 aliphatic carbocycles. The monoisotopic (exact) mass is 290 g/mol. The first-order valence-corrected chi connectivity index (χ1v) is 7.17. The molecule has 0 fully saturated rings. The Morgan fingerprint density at radius 2 is 2.15 bits per heavy atom. The highest BCUT2D eigenvalue weighted by Crippen LogP contribution is 2.18. The fourth-order valence-electron chi connectivity index (χ4n) is 1.87. The molecular formula is C13H11FN4OS. The Bertz CT molecular complexity index is 802. The summed E-state index contributed by atoms with van der Waals surface area (Å²) in [6, 6.07) is 6.52. The van der Waals surface area contributed by atoms with Gasteiger partial charge in [-0.2, -0.15) is 0 Å². The zero-order chi connectivity index (χ0) is 14.1. The summed E-state index contributed by atoms with van der Waals surface area (Å²) in [5.41, 5.74) is 8.26. The molecule has 0 aliphatic heterocycles. The molecule has 0 radical (unpaired) electrons. The number of nitrogens with two attached hydrogens (primary N) is 1. The van der Waals surface area contributed by atoms with Gasteiger partial charge in [0.1, 0.15) is 5.82 Å². The van der Waals surface area contributed by atoms with Crippen LogP contribution in [0.15, 0.2) is 41.8 Å². The average molecular weight is 290 g/mol. The summed E-state index contributed by atoms with van der Waals surface area (Å²) in [6.45, 7) is 0. The Kier molecular flexibility index (Phi) is 3.19. The maximum absolute atomic E-state index is 13.0. The van der Waals surface area contributed by atoms with Crippen molar-refractivity contribution in [2.75, 3.05) is 5.73 Å². The van der Waals surface area contributed by atoms with E-state index in [4.69, 9.17) is 5.73 Å². The van der Waals surface area contributed by atoms with Crippen LogP contribution in [-0.4, -0.2) is 19.2 Å². The van der Waals surface area contributed by atoms with E-state index in [9.17, 15) is 8.60 Å². The van der Waals surface area contributed by atoms with Crippen LogP contribution < -0.4 is 5.73 Å². The third kappa shape index (κ3) is 2.53. The molecule has 1 unspecified atom stereocenters. The molecule has 102 valence electrons. The number of hydrogen-bond donors (Lipinski definition) is 2. The topological polar surface area (TPSA) is 84.7 Å². The maximum Gasteiger partial charge on any atom is 0.197 e. The van der Waals surface area contributed by atoms with Crippen LogP contribution in [0.1, 0.15) is 5.56 Å². The minimum Gasteiger partial charge on any atom is -0.399 e. The first-order valence-electron chi connectivity index (χ1n) is 5.85. The molecule has 3 aromatic rings. The van der Waals surface area contributed by atoms with Crippen LogP contribution in [0, 0.1) is 5.82 Å². The van der Waals surface area contributed by atoms with Gasteiger partial charge in [0.15, 0.2) is 5.16 Å². The van der Waals surface area contributed by atoms with Crippen LogP contribution in [0.3, 0.4) is 0 Å². The van der Waals surface area contributed by atoms with Crippen molar-refractivity contribution in [3.8, 4) is 0 Å². The number of fused-ring (bicyclic) bond motifs is 1. The number of aromatic nitrogens is 3. The van der Waals surface area contributed by atoms with Gasteiger partial charge < -0.3 is 10.7 Å². The normalized spacial score (nSPS) is 12.7. The number of nitrogen functional groups attached to an aromatic ring is 1. The minimum atomic E-state index is -1.40. The highest BCUT2D eigenvalue weighted by atomic mass is 32.2. The van der Waals surface area contributed by atoms with Crippen LogP contribution >= 0.6 is 0 Å². The number of pyridine rings is 1. The van der Waals surface area contributed by atoms with Crippen molar-refractivity contribution in [3.63, 3.8) is 0 Å². The number of rotatable bonds is 3. The van der Waals surface area contributed by atoms with E-state index in [0.29, 0.717) is 21.9 Å². The molecule has 5 nitrogen and oxygen atoms in total. The van der Waals surface area contributed by atoms with Crippen molar-refractivity contribution in [2.45, 2.75) is 10.9 Å². The van der Waals surface area contributed by atoms with Gasteiger partial charge in [0, 0.05) is 11.9 Å². The quantitative estimate of drug-likeness (QED) is 0.722. The van der Waals surface area contributed by atoms with Crippen LogP contribution in [0.2, 0.25) is 0 Å². The number of nitrogens with zero attached hydrogens (tertiary/aromatic N) is 2. The SMILES string of the molecule is Nc1ccc2nc(S(=O)Cc3cncc(F)c3)[nH]c2c1. The average Bonchev–Trinajstić information content (AvgIpc) is 2.81. The van der Waals surface area contributed by atoms with E-state index in [1.807, 2.05) is 0 Å². The van der Waals surface area contributed by atoms with Crippen molar-refractivity contribution in [2.24, 2.45) is 0 Å². The van der Waals surface area contributed by atoms with Gasteiger partial charge >= 0.3 is 0 Å². The maximum atomic E-state index is 13.0. The first-order chi connectivity index (χ1) is 9.61. The van der Waals surface area contributed by atoms with E-state index < -0.39 is 16.6 Å². The fraction of sp³-hybridized carbons (Fsp3) is 0.0769. The Morgan fingerprint density at radius 3 is 2.95 bits per heavy atom. The second-order valence-corrected chi connectivity index (χ2v) is 5.69. The summed E-state index contributed by atoms with van der Waals surface area (Å²) in [5, 5.41) is 0.342. The molecule has 0 saturated carbocycles. The molecule has 7 heteroatoms. The predicted octanol–water partition coefficient (Wildman–Crippen LogP) is 1.99. The van der Waals surface area contributed by atoms with Gasteiger partial charge in [0.05, 0.1) is 33.8 Å². The Hall–Kier alpha value is -2.28. The molecule has 3 N–H and O–H groups in total. The third-order valence-electron chi connectivity index (χ3n) is 2.76. The largest absolute Gasteiger partial charge is 0.399 e. The smallest absolute Gasteiger partial charge is 0.197 e. The van der Waals surface area contributed by atoms with Crippen molar-refractivity contribution < 1.29 is 8.60 Å². The van der Waals surface area contributed by atoms with E-state index in [1.165, 1.54) is 12.3 Å². The molecule has 0 amide bonds. The lowest BCUT2D eigenvalue weighted by Gasteiger charge is -1.99. The Balaban J connectivity index is 1.88.